The summed E-state index contributed by atoms with van der Waals surface area (Å²) in [7, 11) is 1.72. The molecule has 3 aromatic rings. The van der Waals surface area contributed by atoms with Gasteiger partial charge in [0.15, 0.2) is 0 Å². The van der Waals surface area contributed by atoms with Crippen LogP contribution in [0.2, 0.25) is 5.02 Å². The number of nitrogens with one attached hydrogen (secondary N) is 2. The molecule has 0 saturated carbocycles. The molecule has 0 radical (unpaired) electrons. The van der Waals surface area contributed by atoms with Gasteiger partial charge in [-0.1, -0.05) is 41.9 Å². The van der Waals surface area contributed by atoms with Crippen molar-refractivity contribution in [3.63, 3.8) is 0 Å². The van der Waals surface area contributed by atoms with Gasteiger partial charge in [0, 0.05) is 43.1 Å². The second-order valence-corrected chi connectivity index (χ2v) is 10.2. The highest BCUT2D eigenvalue weighted by Crippen LogP contribution is 2.30. The highest BCUT2D eigenvalue weighted by Gasteiger charge is 2.30. The smallest absolute Gasteiger partial charge is 0.392 e. The second kappa shape index (κ2) is 12.7. The number of likely N-dealkylation sites (N-methyl/N-ethyl adjacent to an activating group) is 1. The lowest BCUT2D eigenvalue weighted by Crippen LogP contribution is -2.39. The number of nitrogens with zero attached hydrogens (tertiary/aromatic N) is 2. The quantitative estimate of drug-likeness (QED) is 0.317. The Balaban J connectivity index is 1.47. The summed E-state index contributed by atoms with van der Waals surface area (Å²) in [6.45, 7) is 1.84. The third-order valence-corrected chi connectivity index (χ3v) is 7.09. The number of anilines is 2. The van der Waals surface area contributed by atoms with E-state index in [0.717, 1.165) is 36.4 Å². The number of aliphatic hydroxyl groups excluding tert-OH is 1. The predicted molar refractivity (Wildman–Crippen MR) is 148 cm³/mol. The molecule has 1 fully saturated rings. The minimum Gasteiger partial charge on any atom is -0.392 e. The van der Waals surface area contributed by atoms with Crippen molar-refractivity contribution >= 4 is 34.9 Å². The molecule has 3 N–H and O–H groups in total. The van der Waals surface area contributed by atoms with E-state index in [1.807, 2.05) is 30.3 Å². The third kappa shape index (κ3) is 7.74. The fourth-order valence-electron chi connectivity index (χ4n) is 4.67. The molecule has 212 valence electrons. The van der Waals surface area contributed by atoms with Gasteiger partial charge in [0.1, 0.15) is 0 Å². The van der Waals surface area contributed by atoms with E-state index >= 15 is 0 Å². The lowest BCUT2D eigenvalue weighted by Gasteiger charge is -2.32. The number of amides is 3. The van der Waals surface area contributed by atoms with Gasteiger partial charge in [-0.15, -0.1) is 0 Å². The Morgan fingerprint density at radius 1 is 1.07 bits per heavy atom. The van der Waals surface area contributed by atoms with Crippen LogP contribution in [0.25, 0.3) is 0 Å². The molecule has 4 rings (SSSR count). The maximum atomic E-state index is 13.5. The number of β-amino-alcohol motifs (C(OH)–C–C–N with tert-alkyl or cyclic N) is 1. The number of hydrogen-bond acceptors (Lipinski definition) is 4. The van der Waals surface area contributed by atoms with Gasteiger partial charge in [0.2, 0.25) is 5.91 Å². The van der Waals surface area contributed by atoms with Gasteiger partial charge in [0.05, 0.1) is 24.1 Å². The van der Waals surface area contributed by atoms with Gasteiger partial charge < -0.3 is 20.6 Å². The van der Waals surface area contributed by atoms with Crippen LogP contribution >= 0.6 is 11.6 Å². The highest BCUT2D eigenvalue weighted by atomic mass is 35.5. The molecule has 1 heterocycles. The Labute approximate surface area is 235 Å². The number of hydrogen-bond donors (Lipinski definition) is 3. The van der Waals surface area contributed by atoms with Gasteiger partial charge >= 0.3 is 12.2 Å². The van der Waals surface area contributed by atoms with Crippen LogP contribution in [0.1, 0.15) is 29.2 Å². The summed E-state index contributed by atoms with van der Waals surface area (Å²) < 4.78 is 38.5. The Morgan fingerprint density at radius 3 is 2.40 bits per heavy atom. The topological polar surface area (TPSA) is 84.9 Å². The number of likely N-dealkylation sites (tertiary alicyclic amines) is 1. The normalized spacial score (nSPS) is 16.4. The molecule has 11 heteroatoms. The highest BCUT2D eigenvalue weighted by molar-refractivity contribution is 6.30. The average molecular weight is 575 g/mol. The van der Waals surface area contributed by atoms with Crippen molar-refractivity contribution in [2.45, 2.75) is 31.2 Å². The minimum atomic E-state index is -4.48. The standard InChI is InChI=1S/C29H30ClF3N4O3/c1-36(26(19-5-3-2-4-6-19)18-37-14-13-24(38)17-37)27(39)16-20-15-22(30)9-12-25(20)35-28(40)34-23-10-7-21(8-11-23)29(31,32)33/h2-12,15,24,26,38H,13-14,16-18H2,1H3,(H2,34,35,40). The third-order valence-electron chi connectivity index (χ3n) is 6.85. The van der Waals surface area contributed by atoms with Crippen molar-refractivity contribution in [3.05, 3.63) is 94.5 Å². The first kappa shape index (κ1) is 29.4. The molecular formula is C29H30ClF3N4O3. The zero-order chi connectivity index (χ0) is 28.9. The molecule has 0 aliphatic carbocycles. The first-order valence-corrected chi connectivity index (χ1v) is 13.1. The number of carbonyl (C=O) groups is 2. The molecule has 3 aromatic carbocycles. The van der Waals surface area contributed by atoms with Crippen molar-refractivity contribution in [1.29, 1.82) is 0 Å². The number of benzene rings is 3. The number of halogens is 4. The van der Waals surface area contributed by atoms with Gasteiger partial charge in [-0.2, -0.15) is 13.2 Å². The van der Waals surface area contributed by atoms with E-state index in [0.29, 0.717) is 35.8 Å². The van der Waals surface area contributed by atoms with Crippen LogP contribution in [-0.2, 0) is 17.4 Å². The van der Waals surface area contributed by atoms with Crippen LogP contribution in [0.3, 0.4) is 0 Å². The van der Waals surface area contributed by atoms with Crippen molar-refractivity contribution < 1.29 is 27.9 Å². The van der Waals surface area contributed by atoms with Gasteiger partial charge in [0.25, 0.3) is 0 Å². The molecule has 40 heavy (non-hydrogen) atoms. The fraction of sp³-hybridized carbons (Fsp3) is 0.310. The van der Waals surface area contributed by atoms with Crippen LogP contribution in [0.4, 0.5) is 29.3 Å². The lowest BCUT2D eigenvalue weighted by molar-refractivity contribution is -0.137. The van der Waals surface area contributed by atoms with E-state index in [9.17, 15) is 27.9 Å². The zero-order valence-electron chi connectivity index (χ0n) is 21.8. The van der Waals surface area contributed by atoms with Crippen LogP contribution in [0, 0.1) is 0 Å². The zero-order valence-corrected chi connectivity index (χ0v) is 22.5. The van der Waals surface area contributed by atoms with Crippen molar-refractivity contribution in [1.82, 2.24) is 9.80 Å². The molecule has 3 amide bonds. The van der Waals surface area contributed by atoms with Crippen LogP contribution in [0.15, 0.2) is 72.8 Å². The molecule has 2 unspecified atom stereocenters. The predicted octanol–water partition coefficient (Wildman–Crippen LogP) is 5.81. The number of carbonyl (C=O) groups excluding carboxylic acids is 2. The van der Waals surface area contributed by atoms with E-state index in [1.165, 1.54) is 0 Å². The minimum absolute atomic E-state index is 0.0566. The van der Waals surface area contributed by atoms with E-state index in [4.69, 9.17) is 11.6 Å². The summed E-state index contributed by atoms with van der Waals surface area (Å²) >= 11 is 6.21. The van der Waals surface area contributed by atoms with E-state index in [1.54, 1.807) is 30.1 Å². The van der Waals surface area contributed by atoms with E-state index in [2.05, 4.69) is 15.5 Å². The first-order valence-electron chi connectivity index (χ1n) is 12.7. The molecule has 1 saturated heterocycles. The van der Waals surface area contributed by atoms with Crippen LogP contribution in [0.5, 0.6) is 0 Å². The molecule has 1 aliphatic rings. The van der Waals surface area contributed by atoms with E-state index in [-0.39, 0.29) is 30.2 Å². The lowest BCUT2D eigenvalue weighted by atomic mass is 10.0. The number of urea groups is 1. The Hall–Kier alpha value is -3.60. The van der Waals surface area contributed by atoms with Crippen molar-refractivity contribution in [3.8, 4) is 0 Å². The summed E-state index contributed by atoms with van der Waals surface area (Å²) in [5.41, 5.74) is 1.13. The SMILES string of the molecule is CN(C(=O)Cc1cc(Cl)ccc1NC(=O)Nc1ccc(C(F)(F)F)cc1)C(CN1CCC(O)C1)c1ccccc1. The molecular weight excluding hydrogens is 545 g/mol. The summed E-state index contributed by atoms with van der Waals surface area (Å²) in [5.74, 6) is -0.206. The molecule has 0 bridgehead atoms. The van der Waals surface area contributed by atoms with Crippen LogP contribution < -0.4 is 10.6 Å². The Morgan fingerprint density at radius 2 is 1.77 bits per heavy atom. The van der Waals surface area contributed by atoms with Gasteiger partial charge in [-0.05, 0) is 60.0 Å². The summed E-state index contributed by atoms with van der Waals surface area (Å²) in [6.07, 6.45) is -4.23. The average Bonchev–Trinajstić information content (AvgIpc) is 3.33. The van der Waals surface area contributed by atoms with Crippen molar-refractivity contribution in [2.75, 3.05) is 37.3 Å². The molecule has 7 nitrogen and oxygen atoms in total. The van der Waals surface area contributed by atoms with E-state index < -0.39 is 17.8 Å². The van der Waals surface area contributed by atoms with Crippen molar-refractivity contribution in [2.24, 2.45) is 0 Å². The van der Waals surface area contributed by atoms with Crippen LogP contribution in [-0.4, -0.2) is 59.6 Å². The van der Waals surface area contributed by atoms with Gasteiger partial charge in [-0.3, -0.25) is 9.69 Å². The largest absolute Gasteiger partial charge is 0.416 e. The fourth-order valence-corrected chi connectivity index (χ4v) is 4.86. The molecule has 0 spiro atoms. The number of aliphatic hydroxyl groups is 1. The molecule has 1 aliphatic heterocycles. The maximum Gasteiger partial charge on any atom is 0.416 e. The second-order valence-electron chi connectivity index (χ2n) is 9.77. The Kier molecular flexibility index (Phi) is 9.34. The monoisotopic (exact) mass is 574 g/mol. The maximum absolute atomic E-state index is 13.5. The number of rotatable bonds is 8. The first-order chi connectivity index (χ1) is 19.0. The molecule has 0 aromatic heterocycles. The Bertz CT molecular complexity index is 1320. The summed E-state index contributed by atoms with van der Waals surface area (Å²) in [4.78, 5) is 29.9. The number of alkyl halides is 3. The summed E-state index contributed by atoms with van der Waals surface area (Å²) in [6, 6.07) is 17.5. The van der Waals surface area contributed by atoms with Gasteiger partial charge in [-0.25, -0.2) is 4.79 Å². The molecule has 2 atom stereocenters. The summed E-state index contributed by atoms with van der Waals surface area (Å²) in [5, 5.41) is 15.5.